The van der Waals surface area contributed by atoms with Crippen LogP contribution in [0.3, 0.4) is 0 Å². The van der Waals surface area contributed by atoms with Gasteiger partial charge in [-0.05, 0) is 0 Å². The SMILES string of the molecule is c1cc([Se]c2ccn[nH]2)[nH]n1. The Morgan fingerprint density at radius 2 is 1.55 bits per heavy atom. The van der Waals surface area contributed by atoms with E-state index in [1.807, 2.05) is 12.1 Å². The fourth-order valence-corrected chi connectivity index (χ4v) is 2.17. The van der Waals surface area contributed by atoms with E-state index < -0.39 is 0 Å². The van der Waals surface area contributed by atoms with Crippen LogP contribution in [0.15, 0.2) is 24.5 Å². The summed E-state index contributed by atoms with van der Waals surface area (Å²) >= 11 is 0.285. The van der Waals surface area contributed by atoms with Crippen LogP contribution in [0.25, 0.3) is 0 Å². The maximum atomic E-state index is 3.86. The molecule has 0 unspecified atom stereocenters. The molecule has 2 N–H and O–H groups in total. The van der Waals surface area contributed by atoms with E-state index in [1.54, 1.807) is 12.4 Å². The van der Waals surface area contributed by atoms with Gasteiger partial charge in [-0.25, -0.2) is 0 Å². The van der Waals surface area contributed by atoms with Crippen LogP contribution in [0.2, 0.25) is 0 Å². The van der Waals surface area contributed by atoms with Gasteiger partial charge in [0.1, 0.15) is 0 Å². The number of hydrogen-bond acceptors (Lipinski definition) is 2. The molecule has 0 aliphatic carbocycles. The van der Waals surface area contributed by atoms with Gasteiger partial charge in [-0.1, -0.05) is 0 Å². The van der Waals surface area contributed by atoms with Gasteiger partial charge in [0.25, 0.3) is 0 Å². The van der Waals surface area contributed by atoms with Gasteiger partial charge in [0.15, 0.2) is 0 Å². The second-order valence-electron chi connectivity index (χ2n) is 1.94. The van der Waals surface area contributed by atoms with Gasteiger partial charge in [0.05, 0.1) is 0 Å². The predicted octanol–water partition coefficient (Wildman–Crippen LogP) is -1.21. The van der Waals surface area contributed by atoms with Crippen LogP contribution in [0, 0.1) is 0 Å². The third kappa shape index (κ3) is 1.50. The van der Waals surface area contributed by atoms with Gasteiger partial charge >= 0.3 is 69.1 Å². The van der Waals surface area contributed by atoms with Crippen molar-refractivity contribution in [2.75, 3.05) is 0 Å². The second-order valence-corrected chi connectivity index (χ2v) is 4.22. The number of nitrogens with one attached hydrogen (secondary N) is 2. The molecule has 0 aromatic carbocycles. The van der Waals surface area contributed by atoms with E-state index in [-0.39, 0.29) is 15.0 Å². The van der Waals surface area contributed by atoms with E-state index in [0.29, 0.717) is 0 Å². The van der Waals surface area contributed by atoms with Crippen molar-refractivity contribution in [2.24, 2.45) is 0 Å². The molecule has 0 spiro atoms. The van der Waals surface area contributed by atoms with E-state index in [9.17, 15) is 0 Å². The second kappa shape index (κ2) is 2.90. The van der Waals surface area contributed by atoms with Crippen LogP contribution in [0.5, 0.6) is 0 Å². The predicted molar refractivity (Wildman–Crippen MR) is 42.2 cm³/mol. The van der Waals surface area contributed by atoms with Crippen LogP contribution in [-0.4, -0.2) is 35.4 Å². The summed E-state index contributed by atoms with van der Waals surface area (Å²) < 4.78 is 2.31. The number of aromatic amines is 2. The van der Waals surface area contributed by atoms with Crippen molar-refractivity contribution in [3.63, 3.8) is 0 Å². The van der Waals surface area contributed by atoms with Crippen LogP contribution in [-0.2, 0) is 0 Å². The summed E-state index contributed by atoms with van der Waals surface area (Å²) in [5, 5.41) is 13.5. The van der Waals surface area contributed by atoms with E-state index in [2.05, 4.69) is 20.4 Å². The van der Waals surface area contributed by atoms with Crippen LogP contribution in [0.4, 0.5) is 0 Å². The number of nitrogens with zero attached hydrogens (tertiary/aromatic N) is 2. The molecule has 56 valence electrons. The molecule has 2 rings (SSSR count). The first kappa shape index (κ1) is 6.64. The average molecular weight is 213 g/mol. The van der Waals surface area contributed by atoms with Crippen molar-refractivity contribution in [3.8, 4) is 0 Å². The van der Waals surface area contributed by atoms with Crippen molar-refractivity contribution in [1.82, 2.24) is 20.4 Å². The quantitative estimate of drug-likeness (QED) is 0.615. The third-order valence-electron chi connectivity index (χ3n) is 1.17. The molecule has 2 aromatic heterocycles. The standard InChI is InChI=1S/C6H6N4Se/c1-3-7-9-5(1)11-6-2-4-8-10-6/h1-4H,(H,7,9)(H,8,10). The Labute approximate surface area is 69.6 Å². The molecule has 4 nitrogen and oxygen atoms in total. The molecule has 0 fully saturated rings. The summed E-state index contributed by atoms with van der Waals surface area (Å²) in [7, 11) is 0. The van der Waals surface area contributed by atoms with Crippen molar-refractivity contribution in [2.45, 2.75) is 0 Å². The first-order valence-corrected chi connectivity index (χ1v) is 4.83. The van der Waals surface area contributed by atoms with Crippen LogP contribution in [0.1, 0.15) is 0 Å². The van der Waals surface area contributed by atoms with E-state index in [1.165, 1.54) is 0 Å². The molecule has 2 heterocycles. The minimum absolute atomic E-state index is 0.285. The fraction of sp³-hybridized carbons (Fsp3) is 0. The Bertz CT molecular complexity index is 267. The monoisotopic (exact) mass is 214 g/mol. The Morgan fingerprint density at radius 1 is 1.00 bits per heavy atom. The van der Waals surface area contributed by atoms with Gasteiger partial charge in [-0.2, -0.15) is 0 Å². The zero-order chi connectivity index (χ0) is 7.52. The molecule has 0 saturated carbocycles. The average Bonchev–Trinajstić information content (AvgIpc) is 2.60. The van der Waals surface area contributed by atoms with Crippen molar-refractivity contribution >= 4 is 24.1 Å². The molecule has 5 heteroatoms. The molecule has 0 aliphatic rings. The summed E-state index contributed by atoms with van der Waals surface area (Å²) in [6.45, 7) is 0. The van der Waals surface area contributed by atoms with E-state index in [4.69, 9.17) is 0 Å². The van der Waals surface area contributed by atoms with Crippen LogP contribution < -0.4 is 9.18 Å². The van der Waals surface area contributed by atoms with E-state index in [0.717, 1.165) is 9.18 Å². The summed E-state index contributed by atoms with van der Waals surface area (Å²) in [4.78, 5) is 0. The van der Waals surface area contributed by atoms with Crippen molar-refractivity contribution < 1.29 is 0 Å². The molecule has 0 aliphatic heterocycles. The third-order valence-corrected chi connectivity index (χ3v) is 3.05. The molecule has 0 amide bonds. The Morgan fingerprint density at radius 3 is 1.91 bits per heavy atom. The van der Waals surface area contributed by atoms with E-state index >= 15 is 0 Å². The summed E-state index contributed by atoms with van der Waals surface area (Å²) in [5.41, 5.74) is 0. The first-order valence-electron chi connectivity index (χ1n) is 3.12. The molecule has 0 bridgehead atoms. The molecule has 2 aromatic rings. The zero-order valence-electron chi connectivity index (χ0n) is 5.61. The van der Waals surface area contributed by atoms with Gasteiger partial charge in [-0.3, -0.25) is 0 Å². The normalized spacial score (nSPS) is 10.2. The molecule has 11 heavy (non-hydrogen) atoms. The fourth-order valence-electron chi connectivity index (χ4n) is 0.718. The number of aromatic nitrogens is 4. The molecular weight excluding hydrogens is 207 g/mol. The number of H-pyrrole nitrogens is 2. The number of hydrogen-bond donors (Lipinski definition) is 2. The Kier molecular flexibility index (Phi) is 1.75. The summed E-state index contributed by atoms with van der Waals surface area (Å²) in [6, 6.07) is 3.95. The molecule has 0 saturated heterocycles. The Balaban J connectivity index is 2.14. The first-order chi connectivity index (χ1) is 5.45. The van der Waals surface area contributed by atoms with Gasteiger partial charge in [0, 0.05) is 0 Å². The maximum absolute atomic E-state index is 3.86. The zero-order valence-corrected chi connectivity index (χ0v) is 7.33. The van der Waals surface area contributed by atoms with Crippen LogP contribution >= 0.6 is 0 Å². The van der Waals surface area contributed by atoms with Gasteiger partial charge in [0.2, 0.25) is 0 Å². The minimum atomic E-state index is 0.285. The number of rotatable bonds is 2. The van der Waals surface area contributed by atoms with Crippen molar-refractivity contribution in [3.05, 3.63) is 24.5 Å². The summed E-state index contributed by atoms with van der Waals surface area (Å²) in [6.07, 6.45) is 3.51. The Hall–Kier alpha value is -1.06. The molecule has 0 radical (unpaired) electrons. The van der Waals surface area contributed by atoms with Gasteiger partial charge < -0.3 is 0 Å². The molecular formula is C6H6N4Se. The summed E-state index contributed by atoms with van der Waals surface area (Å²) in [5.74, 6) is 0. The van der Waals surface area contributed by atoms with Crippen molar-refractivity contribution in [1.29, 1.82) is 0 Å². The topological polar surface area (TPSA) is 57.4 Å². The molecule has 0 atom stereocenters. The van der Waals surface area contributed by atoms with Gasteiger partial charge in [-0.15, -0.1) is 0 Å².